The van der Waals surface area contributed by atoms with Crippen LogP contribution in [0, 0.1) is 5.82 Å². The molecule has 0 bridgehead atoms. The number of aromatic amines is 1. The molecule has 9 heteroatoms. The number of fused-ring (bicyclic) bond motifs is 3. The number of nitrogens with one attached hydrogen (secondary N) is 2. The predicted molar refractivity (Wildman–Crippen MR) is 158 cm³/mol. The molecule has 0 aliphatic carbocycles. The first-order valence-electron chi connectivity index (χ1n) is 13.8. The van der Waals surface area contributed by atoms with Crippen LogP contribution in [-0.2, 0) is 21.4 Å². The molecule has 1 aliphatic heterocycles. The summed E-state index contributed by atoms with van der Waals surface area (Å²) in [5.41, 5.74) is 2.98. The summed E-state index contributed by atoms with van der Waals surface area (Å²) in [6.07, 6.45) is 1.60. The summed E-state index contributed by atoms with van der Waals surface area (Å²) < 4.78 is 24.4. The molecule has 5 rings (SSSR count). The SMILES string of the molecule is CCOC(=O)C1=CN(C(=O)c2ccc(F)cc2)CC(C)(C)c2c1[nH]c1cc(OC(=O)NCCc3ccccc3)ccc21. The van der Waals surface area contributed by atoms with Crippen molar-refractivity contribution in [3.05, 3.63) is 107 Å². The van der Waals surface area contributed by atoms with Gasteiger partial charge in [-0.15, -0.1) is 0 Å². The third kappa shape index (κ3) is 6.05. The Morgan fingerprint density at radius 2 is 1.76 bits per heavy atom. The summed E-state index contributed by atoms with van der Waals surface area (Å²) >= 11 is 0. The van der Waals surface area contributed by atoms with Crippen molar-refractivity contribution < 1.29 is 28.2 Å². The molecule has 8 nitrogen and oxygen atoms in total. The van der Waals surface area contributed by atoms with E-state index in [-0.39, 0.29) is 24.6 Å². The van der Waals surface area contributed by atoms with Gasteiger partial charge in [-0.3, -0.25) is 4.79 Å². The third-order valence-electron chi connectivity index (χ3n) is 7.15. The van der Waals surface area contributed by atoms with E-state index in [1.165, 1.54) is 35.4 Å². The van der Waals surface area contributed by atoms with Crippen molar-refractivity contribution in [1.82, 2.24) is 15.2 Å². The number of carbonyl (C=O) groups is 3. The molecule has 42 heavy (non-hydrogen) atoms. The van der Waals surface area contributed by atoms with Crippen molar-refractivity contribution in [1.29, 1.82) is 0 Å². The van der Waals surface area contributed by atoms with E-state index in [0.29, 0.717) is 35.5 Å². The fourth-order valence-electron chi connectivity index (χ4n) is 5.27. The molecule has 2 N–H and O–H groups in total. The molecule has 4 aromatic rings. The molecule has 0 saturated carbocycles. The van der Waals surface area contributed by atoms with Gasteiger partial charge in [0, 0.05) is 47.2 Å². The van der Waals surface area contributed by atoms with E-state index < -0.39 is 23.3 Å². The van der Waals surface area contributed by atoms with Crippen molar-refractivity contribution in [3.63, 3.8) is 0 Å². The van der Waals surface area contributed by atoms with Crippen molar-refractivity contribution in [2.75, 3.05) is 19.7 Å². The number of rotatable bonds is 7. The Morgan fingerprint density at radius 1 is 1.02 bits per heavy atom. The quantitative estimate of drug-likeness (QED) is 0.267. The lowest BCUT2D eigenvalue weighted by atomic mass is 9.81. The minimum Gasteiger partial charge on any atom is -0.462 e. The monoisotopic (exact) mass is 569 g/mol. The Bertz CT molecular complexity index is 1660. The molecule has 0 spiro atoms. The van der Waals surface area contributed by atoms with E-state index in [2.05, 4.69) is 10.3 Å². The molecule has 216 valence electrons. The van der Waals surface area contributed by atoms with Gasteiger partial charge in [0.15, 0.2) is 0 Å². The molecule has 1 aromatic heterocycles. The average Bonchev–Trinajstić information content (AvgIpc) is 3.30. The number of aromatic nitrogens is 1. The maximum Gasteiger partial charge on any atom is 0.412 e. The minimum absolute atomic E-state index is 0.151. The number of nitrogens with zero attached hydrogens (tertiary/aromatic N) is 1. The molecule has 0 unspecified atom stereocenters. The maximum atomic E-state index is 13.5. The van der Waals surface area contributed by atoms with Crippen LogP contribution in [0.4, 0.5) is 9.18 Å². The molecule has 2 amide bonds. The van der Waals surface area contributed by atoms with Crippen molar-refractivity contribution >= 4 is 34.4 Å². The van der Waals surface area contributed by atoms with Gasteiger partial charge in [-0.1, -0.05) is 44.2 Å². The number of hydrogen-bond acceptors (Lipinski definition) is 5. The van der Waals surface area contributed by atoms with Crippen LogP contribution >= 0.6 is 0 Å². The Kier molecular flexibility index (Phi) is 8.10. The summed E-state index contributed by atoms with van der Waals surface area (Å²) in [6.45, 7) is 6.50. The topological polar surface area (TPSA) is 101 Å². The van der Waals surface area contributed by atoms with Crippen molar-refractivity contribution in [2.24, 2.45) is 0 Å². The lowest BCUT2D eigenvalue weighted by Gasteiger charge is -2.29. The molecular formula is C33H32FN3O5. The molecule has 0 fully saturated rings. The van der Waals surface area contributed by atoms with Crippen molar-refractivity contribution in [2.45, 2.75) is 32.6 Å². The van der Waals surface area contributed by atoms with Gasteiger partial charge in [-0.25, -0.2) is 14.0 Å². The number of halogens is 1. The third-order valence-corrected chi connectivity index (χ3v) is 7.15. The zero-order valence-corrected chi connectivity index (χ0v) is 23.7. The lowest BCUT2D eigenvalue weighted by Crippen LogP contribution is -2.37. The zero-order chi connectivity index (χ0) is 29.9. The predicted octanol–water partition coefficient (Wildman–Crippen LogP) is 5.98. The minimum atomic E-state index is -0.620. The zero-order valence-electron chi connectivity index (χ0n) is 23.7. The van der Waals surface area contributed by atoms with Crippen LogP contribution in [0.3, 0.4) is 0 Å². The Balaban J connectivity index is 1.44. The Hall–Kier alpha value is -4.92. The highest BCUT2D eigenvalue weighted by molar-refractivity contribution is 6.18. The highest BCUT2D eigenvalue weighted by Gasteiger charge is 2.37. The van der Waals surface area contributed by atoms with Crippen LogP contribution in [0.2, 0.25) is 0 Å². The van der Waals surface area contributed by atoms with Crippen LogP contribution in [-0.4, -0.2) is 47.6 Å². The van der Waals surface area contributed by atoms with Crippen LogP contribution < -0.4 is 10.1 Å². The van der Waals surface area contributed by atoms with E-state index in [4.69, 9.17) is 9.47 Å². The fraction of sp³-hybridized carbons (Fsp3) is 0.242. The summed E-state index contributed by atoms with van der Waals surface area (Å²) in [7, 11) is 0. The highest BCUT2D eigenvalue weighted by atomic mass is 19.1. The molecule has 0 saturated heterocycles. The second-order valence-corrected chi connectivity index (χ2v) is 10.7. The van der Waals surface area contributed by atoms with Gasteiger partial charge in [0.1, 0.15) is 11.6 Å². The smallest absolute Gasteiger partial charge is 0.412 e. The molecule has 1 aliphatic rings. The summed E-state index contributed by atoms with van der Waals surface area (Å²) in [5, 5.41) is 3.58. The number of esters is 1. The van der Waals surface area contributed by atoms with Gasteiger partial charge in [0.05, 0.1) is 17.9 Å². The molecule has 2 heterocycles. The number of carbonyl (C=O) groups excluding carboxylic acids is 3. The number of H-pyrrole nitrogens is 1. The lowest BCUT2D eigenvalue weighted by molar-refractivity contribution is -0.136. The summed E-state index contributed by atoms with van der Waals surface area (Å²) in [5.74, 6) is -1.06. The highest BCUT2D eigenvalue weighted by Crippen LogP contribution is 2.41. The van der Waals surface area contributed by atoms with Crippen LogP contribution in [0.25, 0.3) is 16.5 Å². The Labute approximate surface area is 243 Å². The van der Waals surface area contributed by atoms with Gasteiger partial charge < -0.3 is 24.7 Å². The Morgan fingerprint density at radius 3 is 2.48 bits per heavy atom. The number of amides is 2. The average molecular weight is 570 g/mol. The second kappa shape index (κ2) is 11.9. The normalized spacial score (nSPS) is 14.0. The summed E-state index contributed by atoms with van der Waals surface area (Å²) in [6, 6.07) is 20.4. The van der Waals surface area contributed by atoms with Gasteiger partial charge in [-0.2, -0.15) is 0 Å². The molecular weight excluding hydrogens is 537 g/mol. The van der Waals surface area contributed by atoms with E-state index in [1.807, 2.05) is 50.2 Å². The number of hydrogen-bond donors (Lipinski definition) is 2. The second-order valence-electron chi connectivity index (χ2n) is 10.7. The molecule has 3 aromatic carbocycles. The number of ether oxygens (including phenoxy) is 2. The van der Waals surface area contributed by atoms with Crippen LogP contribution in [0.1, 0.15) is 48.0 Å². The van der Waals surface area contributed by atoms with Gasteiger partial charge in [0.25, 0.3) is 5.91 Å². The first kappa shape index (κ1) is 28.6. The van der Waals surface area contributed by atoms with E-state index in [0.717, 1.165) is 16.5 Å². The van der Waals surface area contributed by atoms with Gasteiger partial charge in [-0.05, 0) is 60.9 Å². The van der Waals surface area contributed by atoms with Crippen LogP contribution in [0.15, 0.2) is 79.0 Å². The standard InChI is InChI=1S/C33H32FN3O5/c1-4-41-31(39)26-19-37(30(38)22-10-12-23(34)13-11-22)20-33(2,3)28-25-15-14-24(18-27(25)36-29(26)28)42-32(40)35-17-16-21-8-6-5-7-9-21/h5-15,18-19,36H,4,16-17,20H2,1-3H3,(H,35,40). The van der Waals surface area contributed by atoms with Crippen LogP contribution in [0.5, 0.6) is 5.75 Å². The summed E-state index contributed by atoms with van der Waals surface area (Å²) in [4.78, 5) is 43.9. The molecule has 0 atom stereocenters. The maximum absolute atomic E-state index is 13.5. The largest absolute Gasteiger partial charge is 0.462 e. The van der Waals surface area contributed by atoms with E-state index in [1.54, 1.807) is 19.1 Å². The first-order chi connectivity index (χ1) is 20.2. The van der Waals surface area contributed by atoms with E-state index in [9.17, 15) is 18.8 Å². The molecule has 0 radical (unpaired) electrons. The van der Waals surface area contributed by atoms with E-state index >= 15 is 0 Å². The van der Waals surface area contributed by atoms with Gasteiger partial charge in [0.2, 0.25) is 0 Å². The van der Waals surface area contributed by atoms with Gasteiger partial charge >= 0.3 is 12.1 Å². The first-order valence-corrected chi connectivity index (χ1v) is 13.8. The fourth-order valence-corrected chi connectivity index (χ4v) is 5.27. The van der Waals surface area contributed by atoms with Crippen molar-refractivity contribution in [3.8, 4) is 5.75 Å². The number of benzene rings is 3.